The number of benzene rings is 1. The third kappa shape index (κ3) is 4.91. The van der Waals surface area contributed by atoms with Gasteiger partial charge in [-0.25, -0.2) is 4.39 Å². The number of alkyl halides is 3. The molecule has 1 unspecified atom stereocenters. The Hall–Kier alpha value is -1.14. The molecule has 0 radical (unpaired) electrons. The molecule has 23 heavy (non-hydrogen) atoms. The lowest BCUT2D eigenvalue weighted by Crippen LogP contribution is -2.38. The van der Waals surface area contributed by atoms with E-state index in [2.05, 4.69) is 11.8 Å². The molecule has 1 aliphatic rings. The molecule has 130 valence electrons. The molecule has 0 aliphatic heterocycles. The summed E-state index contributed by atoms with van der Waals surface area (Å²) in [6.45, 7) is 2.78. The first-order valence-corrected chi connectivity index (χ1v) is 8.18. The summed E-state index contributed by atoms with van der Waals surface area (Å²) in [7, 11) is 0. The molecular weight excluding hydrogens is 308 g/mol. The van der Waals surface area contributed by atoms with Crippen LogP contribution in [0.5, 0.6) is 0 Å². The average molecular weight is 332 g/mol. The quantitative estimate of drug-likeness (QED) is 0.718. The van der Waals surface area contributed by atoms with Crippen molar-refractivity contribution in [2.24, 2.45) is 5.73 Å². The SMILES string of the molecule is CCCC(CCN)N(Cc1ccc(F)cc1C(F)(F)F)C1CC1. The summed E-state index contributed by atoms with van der Waals surface area (Å²) in [5, 5.41) is 0. The van der Waals surface area contributed by atoms with E-state index in [1.165, 1.54) is 6.07 Å². The average Bonchev–Trinajstić information content (AvgIpc) is 3.29. The molecule has 2 nitrogen and oxygen atoms in total. The maximum absolute atomic E-state index is 13.3. The smallest absolute Gasteiger partial charge is 0.330 e. The van der Waals surface area contributed by atoms with Crippen LogP contribution < -0.4 is 5.73 Å². The molecule has 6 heteroatoms. The minimum absolute atomic E-state index is 0.143. The number of halogens is 4. The summed E-state index contributed by atoms with van der Waals surface area (Å²) in [5.41, 5.74) is 4.95. The molecule has 0 amide bonds. The van der Waals surface area contributed by atoms with Crippen LogP contribution >= 0.6 is 0 Å². The largest absolute Gasteiger partial charge is 0.416 e. The van der Waals surface area contributed by atoms with Gasteiger partial charge in [0, 0.05) is 18.6 Å². The van der Waals surface area contributed by atoms with Crippen LogP contribution in [0.4, 0.5) is 17.6 Å². The normalized spacial score (nSPS) is 16.8. The van der Waals surface area contributed by atoms with E-state index in [0.29, 0.717) is 18.7 Å². The summed E-state index contributed by atoms with van der Waals surface area (Å²) >= 11 is 0. The van der Waals surface area contributed by atoms with E-state index in [9.17, 15) is 17.6 Å². The molecule has 2 rings (SSSR count). The van der Waals surface area contributed by atoms with Crippen molar-refractivity contribution in [3.63, 3.8) is 0 Å². The summed E-state index contributed by atoms with van der Waals surface area (Å²) in [6, 6.07) is 3.47. The fraction of sp³-hybridized carbons (Fsp3) is 0.647. The number of hydrogen-bond acceptors (Lipinski definition) is 2. The van der Waals surface area contributed by atoms with Gasteiger partial charge < -0.3 is 5.73 Å². The molecule has 0 bridgehead atoms. The van der Waals surface area contributed by atoms with Crippen LogP contribution in [0.3, 0.4) is 0 Å². The van der Waals surface area contributed by atoms with Crippen LogP contribution in [-0.2, 0) is 12.7 Å². The molecule has 2 N–H and O–H groups in total. The first kappa shape index (κ1) is 18.2. The Labute approximate surface area is 134 Å². The fourth-order valence-corrected chi connectivity index (χ4v) is 3.11. The molecular formula is C17H24F4N2. The second-order valence-corrected chi connectivity index (χ2v) is 6.22. The summed E-state index contributed by atoms with van der Waals surface area (Å²) in [5.74, 6) is -0.855. The van der Waals surface area contributed by atoms with Crippen molar-refractivity contribution in [3.05, 3.63) is 35.1 Å². The van der Waals surface area contributed by atoms with E-state index in [1.807, 2.05) is 0 Å². The van der Waals surface area contributed by atoms with Gasteiger partial charge in [0.15, 0.2) is 0 Å². The van der Waals surface area contributed by atoms with Crippen molar-refractivity contribution in [2.45, 2.75) is 63.8 Å². The third-order valence-electron chi connectivity index (χ3n) is 4.34. The Morgan fingerprint density at radius 2 is 1.96 bits per heavy atom. The Kier molecular flexibility index (Phi) is 6.03. The van der Waals surface area contributed by atoms with Gasteiger partial charge in [-0.05, 0) is 49.9 Å². The van der Waals surface area contributed by atoms with Gasteiger partial charge in [-0.3, -0.25) is 4.90 Å². The molecule has 1 aromatic rings. The topological polar surface area (TPSA) is 29.3 Å². The lowest BCUT2D eigenvalue weighted by molar-refractivity contribution is -0.138. The van der Waals surface area contributed by atoms with E-state index in [0.717, 1.165) is 38.2 Å². The number of rotatable bonds is 8. The van der Waals surface area contributed by atoms with Crippen molar-refractivity contribution < 1.29 is 17.6 Å². The second-order valence-electron chi connectivity index (χ2n) is 6.22. The Balaban J connectivity index is 2.26. The van der Waals surface area contributed by atoms with Gasteiger partial charge >= 0.3 is 6.18 Å². The minimum atomic E-state index is -4.54. The van der Waals surface area contributed by atoms with Crippen LogP contribution in [0.25, 0.3) is 0 Å². The number of nitrogens with zero attached hydrogens (tertiary/aromatic N) is 1. The maximum atomic E-state index is 13.3. The Morgan fingerprint density at radius 3 is 2.48 bits per heavy atom. The summed E-state index contributed by atoms with van der Waals surface area (Å²) < 4.78 is 52.8. The predicted octanol–water partition coefficient (Wildman–Crippen LogP) is 4.33. The van der Waals surface area contributed by atoms with Gasteiger partial charge in [-0.1, -0.05) is 19.4 Å². The number of hydrogen-bond donors (Lipinski definition) is 1. The fourth-order valence-electron chi connectivity index (χ4n) is 3.11. The van der Waals surface area contributed by atoms with Crippen molar-refractivity contribution in [3.8, 4) is 0 Å². The van der Waals surface area contributed by atoms with Crippen LogP contribution in [-0.4, -0.2) is 23.5 Å². The molecule has 1 atom stereocenters. The highest BCUT2D eigenvalue weighted by Crippen LogP contribution is 2.37. The maximum Gasteiger partial charge on any atom is 0.416 e. The van der Waals surface area contributed by atoms with Gasteiger partial charge in [-0.2, -0.15) is 13.2 Å². The Bertz CT molecular complexity index is 506. The van der Waals surface area contributed by atoms with Crippen molar-refractivity contribution in [1.29, 1.82) is 0 Å². The first-order chi connectivity index (χ1) is 10.9. The summed E-state index contributed by atoms with van der Waals surface area (Å²) in [4.78, 5) is 2.14. The lowest BCUT2D eigenvalue weighted by atomic mass is 10.0. The zero-order valence-corrected chi connectivity index (χ0v) is 13.4. The molecule has 0 spiro atoms. The van der Waals surface area contributed by atoms with E-state index in [-0.39, 0.29) is 18.2 Å². The highest BCUT2D eigenvalue weighted by Gasteiger charge is 2.37. The first-order valence-electron chi connectivity index (χ1n) is 8.18. The summed E-state index contributed by atoms with van der Waals surface area (Å²) in [6.07, 6.45) is 0.119. The third-order valence-corrected chi connectivity index (χ3v) is 4.34. The second kappa shape index (κ2) is 7.62. The minimum Gasteiger partial charge on any atom is -0.330 e. The highest BCUT2D eigenvalue weighted by molar-refractivity contribution is 5.30. The molecule has 1 fully saturated rings. The van der Waals surface area contributed by atoms with E-state index in [1.54, 1.807) is 0 Å². The predicted molar refractivity (Wildman–Crippen MR) is 82.3 cm³/mol. The van der Waals surface area contributed by atoms with Crippen LogP contribution in [0.2, 0.25) is 0 Å². The molecule has 1 aromatic carbocycles. The van der Waals surface area contributed by atoms with Crippen molar-refractivity contribution in [2.75, 3.05) is 6.54 Å². The van der Waals surface area contributed by atoms with E-state index >= 15 is 0 Å². The molecule has 0 aromatic heterocycles. The standard InChI is InChI=1S/C17H24F4N2/c1-2-3-14(8-9-22)23(15-6-7-15)11-12-4-5-13(18)10-16(12)17(19,20)21/h4-5,10,14-15H,2-3,6-9,11,22H2,1H3. The van der Waals surface area contributed by atoms with Gasteiger partial charge in [0.25, 0.3) is 0 Å². The van der Waals surface area contributed by atoms with Gasteiger partial charge in [-0.15, -0.1) is 0 Å². The van der Waals surface area contributed by atoms with Crippen molar-refractivity contribution in [1.82, 2.24) is 4.90 Å². The highest BCUT2D eigenvalue weighted by atomic mass is 19.4. The van der Waals surface area contributed by atoms with Crippen LogP contribution in [0, 0.1) is 5.82 Å². The van der Waals surface area contributed by atoms with E-state index < -0.39 is 17.6 Å². The zero-order chi connectivity index (χ0) is 17.0. The van der Waals surface area contributed by atoms with Crippen LogP contribution in [0.1, 0.15) is 50.2 Å². The van der Waals surface area contributed by atoms with Gasteiger partial charge in [0.1, 0.15) is 5.82 Å². The van der Waals surface area contributed by atoms with Gasteiger partial charge in [0.05, 0.1) is 5.56 Å². The molecule has 0 saturated heterocycles. The number of nitrogens with two attached hydrogens (primary N) is 1. The van der Waals surface area contributed by atoms with Gasteiger partial charge in [0.2, 0.25) is 0 Å². The van der Waals surface area contributed by atoms with E-state index in [4.69, 9.17) is 5.73 Å². The monoisotopic (exact) mass is 332 g/mol. The van der Waals surface area contributed by atoms with Crippen molar-refractivity contribution >= 4 is 0 Å². The molecule has 1 saturated carbocycles. The Morgan fingerprint density at radius 1 is 1.26 bits per heavy atom. The lowest BCUT2D eigenvalue weighted by Gasteiger charge is -2.32. The van der Waals surface area contributed by atoms with Crippen LogP contribution in [0.15, 0.2) is 18.2 Å². The molecule has 0 heterocycles. The molecule has 1 aliphatic carbocycles. The zero-order valence-electron chi connectivity index (χ0n) is 13.4.